The van der Waals surface area contributed by atoms with Crippen LogP contribution in [0.1, 0.15) is 16.7 Å². The van der Waals surface area contributed by atoms with E-state index in [9.17, 15) is 9.90 Å². The van der Waals surface area contributed by atoms with E-state index < -0.39 is 11.5 Å². The largest absolute Gasteiger partial charge is 0.496 e. The maximum absolute atomic E-state index is 12.2. The van der Waals surface area contributed by atoms with Crippen molar-refractivity contribution in [3.63, 3.8) is 0 Å². The number of benzene rings is 2. The predicted octanol–water partition coefficient (Wildman–Crippen LogP) is 2.39. The van der Waals surface area contributed by atoms with E-state index in [0.29, 0.717) is 23.7 Å². The first-order valence-electron chi connectivity index (χ1n) is 8.33. The molecule has 1 unspecified atom stereocenters. The van der Waals surface area contributed by atoms with Gasteiger partial charge in [-0.15, -0.1) is 0 Å². The third kappa shape index (κ3) is 3.75. The van der Waals surface area contributed by atoms with Gasteiger partial charge in [0, 0.05) is 24.0 Å². The molecule has 3 rings (SSSR count). The highest BCUT2D eigenvalue weighted by Crippen LogP contribution is 2.37. The molecule has 0 fully saturated rings. The zero-order valence-electron chi connectivity index (χ0n) is 14.8. The van der Waals surface area contributed by atoms with Crippen LogP contribution in [0.3, 0.4) is 0 Å². The Labute approximate surface area is 157 Å². The van der Waals surface area contributed by atoms with Gasteiger partial charge in [-0.3, -0.25) is 9.78 Å². The van der Waals surface area contributed by atoms with Crippen LogP contribution < -0.4 is 15.2 Å². The monoisotopic (exact) mass is 364 g/mol. The molecule has 27 heavy (non-hydrogen) atoms. The Kier molecular flexibility index (Phi) is 5.38. The zero-order chi connectivity index (χ0) is 19.3. The smallest absolute Gasteiger partial charge is 0.258 e. The standard InChI is InChI=1S/C21H20N2O4/c1-26-19-13-17(27-14-15-9-11-23-12-10-15)7-8-18(19)21(25,20(22)24)16-5-3-2-4-6-16/h2-13,25H,14H2,1H3,(H2,22,24). The molecule has 3 aromatic rings. The van der Waals surface area contributed by atoms with Gasteiger partial charge in [-0.05, 0) is 35.4 Å². The summed E-state index contributed by atoms with van der Waals surface area (Å²) in [5.74, 6) is -0.0582. The van der Waals surface area contributed by atoms with E-state index >= 15 is 0 Å². The number of carbonyl (C=O) groups is 1. The number of amides is 1. The van der Waals surface area contributed by atoms with E-state index in [2.05, 4.69) is 4.98 Å². The molecule has 1 amide bonds. The molecule has 2 aromatic carbocycles. The lowest BCUT2D eigenvalue weighted by molar-refractivity contribution is -0.133. The number of aromatic nitrogens is 1. The molecule has 6 nitrogen and oxygen atoms in total. The van der Waals surface area contributed by atoms with Gasteiger partial charge in [0.25, 0.3) is 5.91 Å². The van der Waals surface area contributed by atoms with Crippen LogP contribution in [0.5, 0.6) is 11.5 Å². The van der Waals surface area contributed by atoms with Gasteiger partial charge in [-0.1, -0.05) is 30.3 Å². The fraction of sp³-hybridized carbons (Fsp3) is 0.143. The van der Waals surface area contributed by atoms with E-state index in [4.69, 9.17) is 15.2 Å². The molecule has 0 saturated carbocycles. The molecular weight excluding hydrogens is 344 g/mol. The minimum Gasteiger partial charge on any atom is -0.496 e. The molecule has 0 radical (unpaired) electrons. The number of methoxy groups -OCH3 is 1. The van der Waals surface area contributed by atoms with Crippen molar-refractivity contribution in [2.45, 2.75) is 12.2 Å². The highest BCUT2D eigenvalue weighted by Gasteiger charge is 2.40. The Morgan fingerprint density at radius 2 is 1.81 bits per heavy atom. The predicted molar refractivity (Wildman–Crippen MR) is 100 cm³/mol. The molecule has 0 spiro atoms. The van der Waals surface area contributed by atoms with Crippen LogP contribution in [0.2, 0.25) is 0 Å². The molecule has 0 bridgehead atoms. The van der Waals surface area contributed by atoms with Crippen LogP contribution in [-0.4, -0.2) is 23.1 Å². The Morgan fingerprint density at radius 1 is 1.11 bits per heavy atom. The van der Waals surface area contributed by atoms with E-state index in [1.165, 1.54) is 7.11 Å². The van der Waals surface area contributed by atoms with Crippen molar-refractivity contribution in [2.24, 2.45) is 5.73 Å². The molecule has 3 N–H and O–H groups in total. The van der Waals surface area contributed by atoms with E-state index in [-0.39, 0.29) is 5.56 Å². The summed E-state index contributed by atoms with van der Waals surface area (Å²) in [6.45, 7) is 0.351. The second-order valence-corrected chi connectivity index (χ2v) is 5.95. The van der Waals surface area contributed by atoms with Gasteiger partial charge < -0.3 is 20.3 Å². The van der Waals surface area contributed by atoms with Crippen molar-refractivity contribution >= 4 is 5.91 Å². The van der Waals surface area contributed by atoms with Gasteiger partial charge >= 0.3 is 0 Å². The molecule has 0 aliphatic carbocycles. The summed E-state index contributed by atoms with van der Waals surface area (Å²) in [5, 5.41) is 11.1. The number of carbonyl (C=O) groups excluding carboxylic acids is 1. The fourth-order valence-corrected chi connectivity index (χ4v) is 2.82. The molecule has 0 aliphatic heterocycles. The van der Waals surface area contributed by atoms with Crippen molar-refractivity contribution in [1.82, 2.24) is 4.98 Å². The Bertz CT molecular complexity index is 916. The molecular formula is C21H20N2O4. The third-order valence-electron chi connectivity index (χ3n) is 4.27. The van der Waals surface area contributed by atoms with Crippen molar-refractivity contribution in [3.8, 4) is 11.5 Å². The molecule has 138 valence electrons. The highest BCUT2D eigenvalue weighted by molar-refractivity contribution is 5.89. The van der Waals surface area contributed by atoms with Gasteiger partial charge in [-0.2, -0.15) is 0 Å². The minimum atomic E-state index is -2.02. The summed E-state index contributed by atoms with van der Waals surface area (Å²) in [4.78, 5) is 16.1. The normalized spacial score (nSPS) is 12.8. The number of aliphatic hydroxyl groups is 1. The number of rotatable bonds is 7. The average molecular weight is 364 g/mol. The van der Waals surface area contributed by atoms with Crippen molar-refractivity contribution in [1.29, 1.82) is 0 Å². The summed E-state index contributed by atoms with van der Waals surface area (Å²) in [6.07, 6.45) is 3.38. The maximum Gasteiger partial charge on any atom is 0.258 e. The molecule has 6 heteroatoms. The third-order valence-corrected chi connectivity index (χ3v) is 4.27. The van der Waals surface area contributed by atoms with Crippen LogP contribution in [0.4, 0.5) is 0 Å². The molecule has 1 aromatic heterocycles. The van der Waals surface area contributed by atoms with Gasteiger partial charge in [-0.25, -0.2) is 0 Å². The van der Waals surface area contributed by atoms with Crippen LogP contribution in [-0.2, 0) is 17.0 Å². The zero-order valence-corrected chi connectivity index (χ0v) is 14.8. The average Bonchev–Trinajstić information content (AvgIpc) is 2.72. The SMILES string of the molecule is COc1cc(OCc2ccncc2)ccc1C(O)(C(N)=O)c1ccccc1. The maximum atomic E-state index is 12.2. The Hall–Kier alpha value is -3.38. The second kappa shape index (κ2) is 7.88. The first kappa shape index (κ1) is 18.4. The summed E-state index contributed by atoms with van der Waals surface area (Å²) in [5.41, 5.74) is 5.11. The number of hydrogen-bond donors (Lipinski definition) is 2. The number of nitrogens with zero attached hydrogens (tertiary/aromatic N) is 1. The second-order valence-electron chi connectivity index (χ2n) is 5.95. The lowest BCUT2D eigenvalue weighted by atomic mass is 9.85. The lowest BCUT2D eigenvalue weighted by Gasteiger charge is -2.27. The van der Waals surface area contributed by atoms with Gasteiger partial charge in [0.2, 0.25) is 0 Å². The van der Waals surface area contributed by atoms with Crippen LogP contribution in [0.25, 0.3) is 0 Å². The van der Waals surface area contributed by atoms with Crippen LogP contribution >= 0.6 is 0 Å². The van der Waals surface area contributed by atoms with Gasteiger partial charge in [0.1, 0.15) is 18.1 Å². The number of pyridine rings is 1. The first-order chi connectivity index (χ1) is 13.1. The van der Waals surface area contributed by atoms with Gasteiger partial charge in [0.15, 0.2) is 5.60 Å². The quantitative estimate of drug-likeness (QED) is 0.671. The summed E-state index contributed by atoms with van der Waals surface area (Å²) in [6, 6.07) is 17.1. The number of hydrogen-bond acceptors (Lipinski definition) is 5. The Morgan fingerprint density at radius 3 is 2.44 bits per heavy atom. The first-order valence-corrected chi connectivity index (χ1v) is 8.33. The van der Waals surface area contributed by atoms with Crippen LogP contribution in [0.15, 0.2) is 73.1 Å². The van der Waals surface area contributed by atoms with Gasteiger partial charge in [0.05, 0.1) is 7.11 Å². The Balaban J connectivity index is 1.94. The van der Waals surface area contributed by atoms with Crippen molar-refractivity contribution < 1.29 is 19.4 Å². The number of nitrogens with two attached hydrogens (primary N) is 1. The summed E-state index contributed by atoms with van der Waals surface area (Å²) < 4.78 is 11.2. The summed E-state index contributed by atoms with van der Waals surface area (Å²) in [7, 11) is 1.46. The molecule has 1 atom stereocenters. The van der Waals surface area contributed by atoms with E-state index in [0.717, 1.165) is 5.56 Å². The summed E-state index contributed by atoms with van der Waals surface area (Å²) >= 11 is 0. The molecule has 0 aliphatic rings. The lowest BCUT2D eigenvalue weighted by Crippen LogP contribution is -2.42. The fourth-order valence-electron chi connectivity index (χ4n) is 2.82. The number of ether oxygens (including phenoxy) is 2. The highest BCUT2D eigenvalue weighted by atomic mass is 16.5. The van der Waals surface area contributed by atoms with E-state index in [1.54, 1.807) is 60.9 Å². The van der Waals surface area contributed by atoms with E-state index in [1.807, 2.05) is 12.1 Å². The van der Waals surface area contributed by atoms with Crippen molar-refractivity contribution in [3.05, 3.63) is 89.7 Å². The molecule has 0 saturated heterocycles. The number of primary amides is 1. The topological polar surface area (TPSA) is 94.7 Å². The van der Waals surface area contributed by atoms with Crippen LogP contribution in [0, 0.1) is 0 Å². The molecule has 1 heterocycles. The minimum absolute atomic E-state index is 0.250. The van der Waals surface area contributed by atoms with Crippen molar-refractivity contribution in [2.75, 3.05) is 7.11 Å².